The van der Waals surface area contributed by atoms with Gasteiger partial charge in [-0.25, -0.2) is 26.3 Å². The molecule has 28 heavy (non-hydrogen) atoms. The fourth-order valence-electron chi connectivity index (χ4n) is 2.09. The Bertz CT molecular complexity index is 966. The number of rotatable bonds is 7. The highest BCUT2D eigenvalue weighted by Crippen LogP contribution is 2.15. The van der Waals surface area contributed by atoms with Gasteiger partial charge in [0.15, 0.2) is 0 Å². The van der Waals surface area contributed by atoms with Crippen LogP contribution in [0.15, 0.2) is 47.4 Å². The molecule has 150 valence electrons. The van der Waals surface area contributed by atoms with E-state index in [0.29, 0.717) is 6.07 Å². The number of hydrazine groups is 1. The smallest absolute Gasteiger partial charge is 0.269 e. The highest BCUT2D eigenvalue weighted by Gasteiger charge is 2.19. The zero-order valence-corrected chi connectivity index (χ0v) is 15.2. The van der Waals surface area contributed by atoms with Crippen molar-refractivity contribution in [3.63, 3.8) is 0 Å². The first-order valence-electron chi connectivity index (χ1n) is 7.98. The summed E-state index contributed by atoms with van der Waals surface area (Å²) in [5.41, 5.74) is 4.39. The summed E-state index contributed by atoms with van der Waals surface area (Å²) < 4.78 is 65.1. The molecule has 2 rings (SSSR count). The third-order valence-corrected chi connectivity index (χ3v) is 4.97. The minimum absolute atomic E-state index is 0.0558. The second kappa shape index (κ2) is 9.33. The van der Waals surface area contributed by atoms with Gasteiger partial charge < -0.3 is 0 Å². The third-order valence-electron chi connectivity index (χ3n) is 3.48. The van der Waals surface area contributed by atoms with Crippen LogP contribution in [-0.2, 0) is 14.8 Å². The number of sulfonamides is 1. The molecule has 0 aliphatic carbocycles. The summed E-state index contributed by atoms with van der Waals surface area (Å²) in [6.07, 6.45) is -0.0849. The summed E-state index contributed by atoms with van der Waals surface area (Å²) in [7, 11) is -4.19. The van der Waals surface area contributed by atoms with Gasteiger partial charge in [-0.1, -0.05) is 0 Å². The number of hydrogen-bond donors (Lipinski definition) is 3. The molecule has 7 nitrogen and oxygen atoms in total. The van der Waals surface area contributed by atoms with Gasteiger partial charge in [-0.15, -0.1) is 0 Å². The lowest BCUT2D eigenvalue weighted by atomic mass is 10.2. The van der Waals surface area contributed by atoms with E-state index in [-0.39, 0.29) is 24.9 Å². The molecule has 0 atom stereocenters. The lowest BCUT2D eigenvalue weighted by Crippen LogP contribution is -2.41. The van der Waals surface area contributed by atoms with Crippen molar-refractivity contribution >= 4 is 21.8 Å². The van der Waals surface area contributed by atoms with Crippen LogP contribution in [0.3, 0.4) is 0 Å². The number of carbonyl (C=O) groups excluding carboxylic acids is 2. The molecule has 0 aliphatic rings. The second-order valence-corrected chi connectivity index (χ2v) is 7.32. The Labute approximate surface area is 159 Å². The van der Waals surface area contributed by atoms with E-state index in [4.69, 9.17) is 0 Å². The molecular weight excluding hydrogens is 399 g/mol. The monoisotopic (exact) mass is 415 g/mol. The van der Waals surface area contributed by atoms with Gasteiger partial charge in [0.25, 0.3) is 5.91 Å². The van der Waals surface area contributed by atoms with E-state index in [0.717, 1.165) is 24.3 Å². The largest absolute Gasteiger partial charge is 0.273 e. The van der Waals surface area contributed by atoms with Crippen LogP contribution in [0.1, 0.15) is 23.2 Å². The summed E-state index contributed by atoms with van der Waals surface area (Å²) in [5.74, 6) is -3.89. The van der Waals surface area contributed by atoms with Crippen molar-refractivity contribution in [1.82, 2.24) is 15.6 Å². The summed E-state index contributed by atoms with van der Waals surface area (Å²) in [5, 5.41) is 0. The Balaban J connectivity index is 1.74. The van der Waals surface area contributed by atoms with Gasteiger partial charge in [0.1, 0.15) is 22.3 Å². The molecule has 0 heterocycles. The Kier molecular flexibility index (Phi) is 7.12. The molecule has 0 aliphatic heterocycles. The zero-order chi connectivity index (χ0) is 20.7. The van der Waals surface area contributed by atoms with Gasteiger partial charge in [-0.3, -0.25) is 20.4 Å². The predicted octanol–water partition coefficient (Wildman–Crippen LogP) is 1.62. The van der Waals surface area contributed by atoms with E-state index in [1.54, 1.807) is 0 Å². The number of halogens is 3. The first kappa shape index (κ1) is 21.4. The summed E-state index contributed by atoms with van der Waals surface area (Å²) >= 11 is 0. The number of hydrogen-bond acceptors (Lipinski definition) is 4. The van der Waals surface area contributed by atoms with Crippen LogP contribution in [0.25, 0.3) is 0 Å². The fraction of sp³-hybridized carbons (Fsp3) is 0.176. The van der Waals surface area contributed by atoms with Crippen molar-refractivity contribution in [1.29, 1.82) is 0 Å². The van der Waals surface area contributed by atoms with E-state index in [1.165, 1.54) is 12.1 Å². The average molecular weight is 415 g/mol. The first-order chi connectivity index (χ1) is 13.2. The van der Waals surface area contributed by atoms with Crippen molar-refractivity contribution in [2.75, 3.05) is 6.54 Å². The molecule has 2 aromatic carbocycles. The molecule has 3 N–H and O–H groups in total. The molecule has 0 unspecified atom stereocenters. The van der Waals surface area contributed by atoms with E-state index in [1.807, 2.05) is 0 Å². The maximum atomic E-state index is 13.5. The molecule has 0 radical (unpaired) electrons. The summed E-state index contributed by atoms with van der Waals surface area (Å²) in [4.78, 5) is 22.7. The third kappa shape index (κ3) is 6.06. The van der Waals surface area contributed by atoms with Crippen molar-refractivity contribution in [3.05, 3.63) is 65.5 Å². The van der Waals surface area contributed by atoms with Gasteiger partial charge in [0, 0.05) is 24.6 Å². The molecular formula is C17H16F3N3O4S. The van der Waals surface area contributed by atoms with Gasteiger partial charge in [0.2, 0.25) is 15.9 Å². The average Bonchev–Trinajstić information content (AvgIpc) is 2.63. The van der Waals surface area contributed by atoms with Crippen LogP contribution in [0.5, 0.6) is 0 Å². The van der Waals surface area contributed by atoms with Crippen LogP contribution >= 0.6 is 0 Å². The maximum Gasteiger partial charge on any atom is 0.269 e. The van der Waals surface area contributed by atoms with Gasteiger partial charge in [-0.05, 0) is 42.8 Å². The van der Waals surface area contributed by atoms with E-state index in [2.05, 4.69) is 15.6 Å². The lowest BCUT2D eigenvalue weighted by Gasteiger charge is -2.09. The minimum atomic E-state index is -4.19. The van der Waals surface area contributed by atoms with E-state index < -0.39 is 44.2 Å². The number of amides is 2. The van der Waals surface area contributed by atoms with Crippen LogP contribution in [0.2, 0.25) is 0 Å². The molecule has 0 fully saturated rings. The Hall–Kier alpha value is -2.92. The fourth-order valence-corrected chi connectivity index (χ4v) is 3.22. The Morgan fingerprint density at radius 3 is 2.18 bits per heavy atom. The van der Waals surface area contributed by atoms with Gasteiger partial charge >= 0.3 is 0 Å². The van der Waals surface area contributed by atoms with Crippen molar-refractivity contribution in [3.8, 4) is 0 Å². The standard InChI is InChI=1S/C17H16F3N3O4S/c18-12-5-3-11(4-6-12)17(25)23-22-16(24)2-1-9-21-28(26,27)15-8-7-13(19)10-14(15)20/h3-8,10,21H,1-2,9H2,(H,22,24)(H,23,25). The molecule has 0 aromatic heterocycles. The highest BCUT2D eigenvalue weighted by molar-refractivity contribution is 7.89. The Morgan fingerprint density at radius 2 is 1.54 bits per heavy atom. The maximum absolute atomic E-state index is 13.5. The number of benzene rings is 2. The van der Waals surface area contributed by atoms with Crippen LogP contribution in [-0.4, -0.2) is 26.8 Å². The Morgan fingerprint density at radius 1 is 0.893 bits per heavy atom. The molecule has 0 spiro atoms. The van der Waals surface area contributed by atoms with Gasteiger partial charge in [0.05, 0.1) is 0 Å². The van der Waals surface area contributed by atoms with Gasteiger partial charge in [-0.2, -0.15) is 0 Å². The SMILES string of the molecule is O=C(CCCNS(=O)(=O)c1ccc(F)cc1F)NNC(=O)c1ccc(F)cc1. The summed E-state index contributed by atoms with van der Waals surface area (Å²) in [6.45, 7) is -0.182. The highest BCUT2D eigenvalue weighted by atomic mass is 32.2. The first-order valence-corrected chi connectivity index (χ1v) is 9.47. The predicted molar refractivity (Wildman–Crippen MR) is 92.8 cm³/mol. The molecule has 2 amide bonds. The normalized spacial score (nSPS) is 11.1. The quantitative estimate of drug-likeness (QED) is 0.472. The molecule has 2 aromatic rings. The molecule has 0 saturated carbocycles. The lowest BCUT2D eigenvalue weighted by molar-refractivity contribution is -0.121. The van der Waals surface area contributed by atoms with E-state index >= 15 is 0 Å². The molecule has 0 bridgehead atoms. The van der Waals surface area contributed by atoms with Crippen LogP contribution in [0.4, 0.5) is 13.2 Å². The summed E-state index contributed by atoms with van der Waals surface area (Å²) in [6, 6.07) is 6.71. The van der Waals surface area contributed by atoms with Crippen molar-refractivity contribution in [2.24, 2.45) is 0 Å². The van der Waals surface area contributed by atoms with Crippen LogP contribution < -0.4 is 15.6 Å². The molecule has 11 heteroatoms. The zero-order valence-electron chi connectivity index (χ0n) is 14.3. The molecule has 0 saturated heterocycles. The second-order valence-electron chi connectivity index (χ2n) is 5.59. The number of nitrogens with one attached hydrogen (secondary N) is 3. The minimum Gasteiger partial charge on any atom is -0.273 e. The topological polar surface area (TPSA) is 104 Å². The van der Waals surface area contributed by atoms with Crippen molar-refractivity contribution < 1.29 is 31.2 Å². The van der Waals surface area contributed by atoms with E-state index in [9.17, 15) is 31.2 Å². The van der Waals surface area contributed by atoms with Crippen LogP contribution in [0, 0.1) is 17.5 Å². The number of carbonyl (C=O) groups is 2. The van der Waals surface area contributed by atoms with Crippen molar-refractivity contribution in [2.45, 2.75) is 17.7 Å².